The van der Waals surface area contributed by atoms with E-state index in [1.165, 1.54) is 39.3 Å². The van der Waals surface area contributed by atoms with Gasteiger partial charge in [-0.05, 0) is 46.6 Å². The summed E-state index contributed by atoms with van der Waals surface area (Å²) in [6, 6.07) is 5.28. The number of nitrogens with zero attached hydrogens (tertiary/aromatic N) is 4. The minimum Gasteiger partial charge on any atom is -0.452 e. The summed E-state index contributed by atoms with van der Waals surface area (Å²) in [5.74, 6) is -1.52. The summed E-state index contributed by atoms with van der Waals surface area (Å²) in [5.41, 5.74) is -0.703. The molecule has 0 aliphatic rings. The van der Waals surface area contributed by atoms with E-state index in [0.29, 0.717) is 0 Å². The van der Waals surface area contributed by atoms with Gasteiger partial charge < -0.3 is 15.4 Å². The Morgan fingerprint density at radius 2 is 1.92 bits per heavy atom. The molecule has 0 spiro atoms. The number of methoxy groups -OCH3 is 1. The molecule has 0 radical (unpaired) electrons. The molecule has 1 aromatic heterocycles. The number of carbonyl (C=O) groups excluding carboxylic acids is 3. The van der Waals surface area contributed by atoms with Crippen LogP contribution >= 0.6 is 27.5 Å². The molecular weight excluding hydrogens is 562 g/mol. The van der Waals surface area contributed by atoms with E-state index in [1.54, 1.807) is 6.07 Å². The molecule has 0 saturated heterocycles. The third-order valence-electron chi connectivity index (χ3n) is 4.71. The summed E-state index contributed by atoms with van der Waals surface area (Å²) < 4.78 is 4.43. The summed E-state index contributed by atoms with van der Waals surface area (Å²) in [6.45, 7) is 1.46. The summed E-state index contributed by atoms with van der Waals surface area (Å²) in [7, 11) is 3.63. The predicted molar refractivity (Wildman–Crippen MR) is 136 cm³/mol. The minimum atomic E-state index is -0.865. The summed E-state index contributed by atoms with van der Waals surface area (Å²) in [6.07, 6.45) is 1.71. The molecule has 36 heavy (non-hydrogen) atoms. The Bertz CT molecular complexity index is 1270. The number of ether oxygens (including phenoxy) is 1. The van der Waals surface area contributed by atoms with Crippen molar-refractivity contribution in [2.24, 2.45) is 0 Å². The van der Waals surface area contributed by atoms with Crippen LogP contribution in [0.15, 0.2) is 42.2 Å². The highest BCUT2D eigenvalue weighted by Gasteiger charge is 2.27. The number of anilines is 2. The quantitative estimate of drug-likeness (QED) is 0.191. The molecule has 13 nitrogen and oxygen atoms in total. The number of rotatable bonds is 7. The zero-order chi connectivity index (χ0) is 27.2. The Hall–Kier alpha value is -4.04. The molecule has 190 valence electrons. The lowest BCUT2D eigenvalue weighted by Crippen LogP contribution is -2.45. The normalized spacial score (nSPS) is 10.8. The lowest BCUT2D eigenvalue weighted by Gasteiger charge is -2.27. The molecule has 2 aromatic rings. The average Bonchev–Trinajstić information content (AvgIpc) is 2.83. The van der Waals surface area contributed by atoms with Gasteiger partial charge in [-0.1, -0.05) is 11.6 Å². The first-order valence-electron chi connectivity index (χ1n) is 9.90. The molecule has 0 unspecified atom stereocenters. The number of aryl methyl sites for hydroxylation is 1. The first-order chi connectivity index (χ1) is 16.9. The number of carbonyl (C=O) groups is 3. The maximum atomic E-state index is 13.2. The van der Waals surface area contributed by atoms with Crippen molar-refractivity contribution < 1.29 is 24.0 Å². The van der Waals surface area contributed by atoms with Gasteiger partial charge in [-0.25, -0.2) is 19.8 Å². The van der Waals surface area contributed by atoms with Gasteiger partial charge in [-0.15, -0.1) is 0 Å². The first kappa shape index (κ1) is 28.2. The topological polar surface area (TPSA) is 171 Å². The van der Waals surface area contributed by atoms with E-state index < -0.39 is 28.5 Å². The van der Waals surface area contributed by atoms with E-state index in [0.717, 1.165) is 29.3 Å². The smallest absolute Gasteiger partial charge is 0.428 e. The van der Waals surface area contributed by atoms with Crippen molar-refractivity contribution in [1.82, 2.24) is 15.0 Å². The number of non-ortho nitro benzene ring substituents is 1. The summed E-state index contributed by atoms with van der Waals surface area (Å²) in [5, 5.41) is 26.3. The number of nitrogens with one attached hydrogen (secondary N) is 3. The van der Waals surface area contributed by atoms with Crippen LogP contribution in [0.4, 0.5) is 22.0 Å². The molecule has 1 heterocycles. The monoisotopic (exact) mass is 581 g/mol. The van der Waals surface area contributed by atoms with Gasteiger partial charge in [0.25, 0.3) is 17.5 Å². The van der Waals surface area contributed by atoms with Crippen molar-refractivity contribution in [1.29, 1.82) is 5.41 Å². The number of nitro benzene ring substituents is 1. The van der Waals surface area contributed by atoms with Gasteiger partial charge in [0.05, 0.1) is 32.9 Å². The zero-order valence-electron chi connectivity index (χ0n) is 19.5. The predicted octanol–water partition coefficient (Wildman–Crippen LogP) is 3.94. The van der Waals surface area contributed by atoms with E-state index in [4.69, 9.17) is 17.0 Å². The number of benzene rings is 1. The third-order valence-corrected chi connectivity index (χ3v) is 5.24. The van der Waals surface area contributed by atoms with Crippen molar-refractivity contribution in [2.75, 3.05) is 31.8 Å². The molecule has 15 heteroatoms. The van der Waals surface area contributed by atoms with Gasteiger partial charge in [0.15, 0.2) is 0 Å². The fourth-order valence-electron chi connectivity index (χ4n) is 2.84. The number of hydrazine groups is 1. The third kappa shape index (κ3) is 6.76. The molecule has 0 fully saturated rings. The van der Waals surface area contributed by atoms with E-state index >= 15 is 0 Å². The molecule has 1 aromatic carbocycles. The fraction of sp³-hybridized carbons (Fsp3) is 0.190. The number of pyridine rings is 1. The SMILES string of the molecule is COC(=O)N(C)N(C)C(=O)c1cc([N+](=O)[O-])cc(C)c1NC(=O)/C(=C/C(=N)Br)Nc1ncccc1Cl. The van der Waals surface area contributed by atoms with Crippen molar-refractivity contribution in [2.45, 2.75) is 6.92 Å². The number of hydrogen-bond acceptors (Lipinski definition) is 9. The van der Waals surface area contributed by atoms with Crippen LogP contribution in [0.1, 0.15) is 15.9 Å². The Morgan fingerprint density at radius 3 is 2.47 bits per heavy atom. The minimum absolute atomic E-state index is 0.0540. The maximum absolute atomic E-state index is 13.2. The Labute approximate surface area is 218 Å². The molecule has 0 aliphatic carbocycles. The highest BCUT2D eigenvalue weighted by molar-refractivity contribution is 9.18. The van der Waals surface area contributed by atoms with Crippen molar-refractivity contribution in [3.63, 3.8) is 0 Å². The highest BCUT2D eigenvalue weighted by atomic mass is 79.9. The van der Waals surface area contributed by atoms with E-state index in [9.17, 15) is 24.5 Å². The Kier molecular flexibility index (Phi) is 9.46. The van der Waals surface area contributed by atoms with Gasteiger partial charge in [0.2, 0.25) is 0 Å². The van der Waals surface area contributed by atoms with Gasteiger partial charge in [0, 0.05) is 32.4 Å². The zero-order valence-corrected chi connectivity index (χ0v) is 21.8. The molecule has 0 bridgehead atoms. The summed E-state index contributed by atoms with van der Waals surface area (Å²) in [4.78, 5) is 53.1. The van der Waals surface area contributed by atoms with Crippen LogP contribution in [0, 0.1) is 22.4 Å². The second-order valence-electron chi connectivity index (χ2n) is 7.08. The number of halogens is 2. The fourth-order valence-corrected chi connectivity index (χ4v) is 3.24. The number of amides is 3. The second kappa shape index (κ2) is 12.1. The Balaban J connectivity index is 2.54. The number of allylic oxidation sites excluding steroid dienone is 1. The van der Waals surface area contributed by atoms with E-state index in [1.807, 2.05) is 0 Å². The average molecular weight is 583 g/mol. The van der Waals surface area contributed by atoms with Crippen LogP contribution in [-0.4, -0.2) is 63.7 Å². The largest absolute Gasteiger partial charge is 0.452 e. The molecule has 0 aliphatic heterocycles. The standard InChI is InChI=1S/C21H21BrClN7O6/c1-11-8-12(30(34)35)9-13(20(32)28(2)29(3)21(33)36-4)17(11)27-19(31)15(10-16(22)24)26-18-14(23)6-5-7-25-18/h5-10,24H,1-4H3,(H,25,26)(H,27,31)/b15-10-,24-16?. The van der Waals surface area contributed by atoms with Crippen LogP contribution < -0.4 is 10.6 Å². The molecular formula is C21H21BrClN7O6. The van der Waals surface area contributed by atoms with Crippen LogP contribution in [0.5, 0.6) is 0 Å². The lowest BCUT2D eigenvalue weighted by molar-refractivity contribution is -0.384. The highest BCUT2D eigenvalue weighted by Crippen LogP contribution is 2.29. The number of hydrogen-bond donors (Lipinski definition) is 3. The van der Waals surface area contributed by atoms with Crippen molar-refractivity contribution in [3.8, 4) is 0 Å². The first-order valence-corrected chi connectivity index (χ1v) is 11.1. The molecule has 0 saturated carbocycles. The lowest BCUT2D eigenvalue weighted by atomic mass is 10.0. The van der Waals surface area contributed by atoms with Crippen LogP contribution in [0.25, 0.3) is 0 Å². The van der Waals surface area contributed by atoms with Gasteiger partial charge in [-0.3, -0.25) is 25.1 Å². The van der Waals surface area contributed by atoms with Gasteiger partial charge in [-0.2, -0.15) is 0 Å². The molecule has 0 atom stereocenters. The molecule has 3 N–H and O–H groups in total. The number of nitro groups is 1. The van der Waals surface area contributed by atoms with Crippen LogP contribution in [0.2, 0.25) is 5.02 Å². The number of aromatic nitrogens is 1. The van der Waals surface area contributed by atoms with Crippen LogP contribution in [0.3, 0.4) is 0 Å². The summed E-state index contributed by atoms with van der Waals surface area (Å²) >= 11 is 9.05. The van der Waals surface area contributed by atoms with Crippen LogP contribution in [-0.2, 0) is 9.53 Å². The molecule has 2 rings (SSSR count). The second-order valence-corrected chi connectivity index (χ2v) is 8.35. The van der Waals surface area contributed by atoms with E-state index in [-0.39, 0.29) is 38.0 Å². The van der Waals surface area contributed by atoms with Gasteiger partial charge >= 0.3 is 6.09 Å². The maximum Gasteiger partial charge on any atom is 0.428 e. The van der Waals surface area contributed by atoms with Gasteiger partial charge in [0.1, 0.15) is 11.5 Å². The van der Waals surface area contributed by atoms with Crippen molar-refractivity contribution in [3.05, 3.63) is 68.5 Å². The Morgan fingerprint density at radius 1 is 1.25 bits per heavy atom. The molecule has 3 amide bonds. The van der Waals surface area contributed by atoms with Crippen molar-refractivity contribution >= 4 is 67.3 Å². The van der Waals surface area contributed by atoms with E-state index in [2.05, 4.69) is 36.3 Å².